The fraction of sp³-hybridized carbons (Fsp3) is 0.917. The number of ether oxygens (including phenoxy) is 2. The van der Waals surface area contributed by atoms with Crippen LogP contribution in [0.3, 0.4) is 0 Å². The molecule has 1 rings (SSSR count). The summed E-state index contributed by atoms with van der Waals surface area (Å²) >= 11 is 0. The largest absolute Gasteiger partial charge is 0.465 e. The van der Waals surface area contributed by atoms with Crippen LogP contribution in [0.4, 0.5) is 0 Å². The van der Waals surface area contributed by atoms with E-state index in [1.807, 2.05) is 20.8 Å². The SMILES string of the molecule is CCNC(C)(COCC1CC1)C(=O)OCC. The molecule has 0 aromatic carbocycles. The van der Waals surface area contributed by atoms with E-state index in [0.29, 0.717) is 19.1 Å². The van der Waals surface area contributed by atoms with Gasteiger partial charge >= 0.3 is 5.97 Å². The van der Waals surface area contributed by atoms with Crippen LogP contribution >= 0.6 is 0 Å². The number of rotatable bonds is 8. The van der Waals surface area contributed by atoms with Gasteiger partial charge in [-0.05, 0) is 39.2 Å². The number of carbonyl (C=O) groups is 1. The molecule has 1 aliphatic rings. The minimum Gasteiger partial charge on any atom is -0.465 e. The third-order valence-electron chi connectivity index (χ3n) is 2.73. The van der Waals surface area contributed by atoms with E-state index in [9.17, 15) is 4.79 Å². The first-order valence-corrected chi connectivity index (χ1v) is 6.12. The Morgan fingerprint density at radius 1 is 1.44 bits per heavy atom. The van der Waals surface area contributed by atoms with Gasteiger partial charge in [0, 0.05) is 6.61 Å². The van der Waals surface area contributed by atoms with E-state index in [1.165, 1.54) is 12.8 Å². The normalized spacial score (nSPS) is 19.2. The summed E-state index contributed by atoms with van der Waals surface area (Å²) in [5.74, 6) is 0.487. The van der Waals surface area contributed by atoms with Crippen molar-refractivity contribution in [3.8, 4) is 0 Å². The molecule has 1 fully saturated rings. The molecule has 0 saturated heterocycles. The molecule has 1 N–H and O–H groups in total. The molecule has 1 saturated carbocycles. The average Bonchev–Trinajstić information content (AvgIpc) is 3.02. The number of esters is 1. The molecule has 0 heterocycles. The van der Waals surface area contributed by atoms with Gasteiger partial charge in [0.25, 0.3) is 0 Å². The summed E-state index contributed by atoms with van der Waals surface area (Å²) in [4.78, 5) is 11.8. The fourth-order valence-electron chi connectivity index (χ4n) is 1.58. The van der Waals surface area contributed by atoms with Gasteiger partial charge in [0.15, 0.2) is 0 Å². The smallest absolute Gasteiger partial charge is 0.328 e. The Kier molecular flexibility index (Phi) is 5.22. The molecule has 0 radical (unpaired) electrons. The molecular formula is C12H23NO3. The first kappa shape index (κ1) is 13.5. The van der Waals surface area contributed by atoms with E-state index in [0.717, 1.165) is 13.2 Å². The van der Waals surface area contributed by atoms with E-state index in [1.54, 1.807) is 0 Å². The maximum Gasteiger partial charge on any atom is 0.328 e. The lowest BCUT2D eigenvalue weighted by Crippen LogP contribution is -2.54. The van der Waals surface area contributed by atoms with Gasteiger partial charge in [-0.3, -0.25) is 0 Å². The van der Waals surface area contributed by atoms with E-state index >= 15 is 0 Å². The summed E-state index contributed by atoms with van der Waals surface area (Å²) in [7, 11) is 0. The third kappa shape index (κ3) is 4.10. The van der Waals surface area contributed by atoms with Crippen LogP contribution in [-0.2, 0) is 14.3 Å². The van der Waals surface area contributed by atoms with Crippen molar-refractivity contribution in [2.45, 2.75) is 39.2 Å². The quantitative estimate of drug-likeness (QED) is 0.638. The second-order valence-electron chi connectivity index (χ2n) is 4.54. The number of nitrogens with one attached hydrogen (secondary N) is 1. The Hall–Kier alpha value is -0.610. The molecule has 0 aromatic rings. The molecule has 1 aliphatic carbocycles. The molecule has 4 nitrogen and oxygen atoms in total. The number of hydrogen-bond donors (Lipinski definition) is 1. The summed E-state index contributed by atoms with van der Waals surface area (Å²) in [5.41, 5.74) is -0.709. The third-order valence-corrected chi connectivity index (χ3v) is 2.73. The topological polar surface area (TPSA) is 47.6 Å². The second-order valence-corrected chi connectivity index (χ2v) is 4.54. The average molecular weight is 229 g/mol. The standard InChI is InChI=1S/C12H23NO3/c1-4-13-12(3,11(14)16-5-2)9-15-8-10-6-7-10/h10,13H,4-9H2,1-3H3. The van der Waals surface area contributed by atoms with Crippen LogP contribution in [0.1, 0.15) is 33.6 Å². The highest BCUT2D eigenvalue weighted by Crippen LogP contribution is 2.29. The summed E-state index contributed by atoms with van der Waals surface area (Å²) in [6.45, 7) is 7.90. The zero-order valence-corrected chi connectivity index (χ0v) is 10.5. The maximum absolute atomic E-state index is 11.8. The highest BCUT2D eigenvalue weighted by Gasteiger charge is 2.35. The van der Waals surface area contributed by atoms with E-state index < -0.39 is 5.54 Å². The minimum absolute atomic E-state index is 0.229. The van der Waals surface area contributed by atoms with Crippen molar-refractivity contribution in [1.29, 1.82) is 0 Å². The molecule has 16 heavy (non-hydrogen) atoms. The Morgan fingerprint density at radius 3 is 2.62 bits per heavy atom. The van der Waals surface area contributed by atoms with Crippen molar-refractivity contribution in [3.05, 3.63) is 0 Å². The predicted molar refractivity (Wildman–Crippen MR) is 62.3 cm³/mol. The molecule has 1 atom stereocenters. The van der Waals surface area contributed by atoms with Gasteiger partial charge in [-0.2, -0.15) is 0 Å². The molecule has 0 aromatic heterocycles. The number of hydrogen-bond acceptors (Lipinski definition) is 4. The molecule has 0 bridgehead atoms. The first-order chi connectivity index (χ1) is 7.62. The zero-order valence-electron chi connectivity index (χ0n) is 10.5. The van der Waals surface area contributed by atoms with Crippen LogP contribution in [0.2, 0.25) is 0 Å². The maximum atomic E-state index is 11.8. The monoisotopic (exact) mass is 229 g/mol. The molecule has 0 spiro atoms. The molecular weight excluding hydrogens is 206 g/mol. The van der Waals surface area contributed by atoms with E-state index in [2.05, 4.69) is 5.32 Å². The van der Waals surface area contributed by atoms with Crippen molar-refractivity contribution in [1.82, 2.24) is 5.32 Å². The van der Waals surface area contributed by atoms with Crippen LogP contribution < -0.4 is 5.32 Å². The van der Waals surface area contributed by atoms with Gasteiger partial charge in [-0.1, -0.05) is 6.92 Å². The van der Waals surface area contributed by atoms with E-state index in [-0.39, 0.29) is 5.97 Å². The Morgan fingerprint density at radius 2 is 2.12 bits per heavy atom. The van der Waals surface area contributed by atoms with Gasteiger partial charge < -0.3 is 14.8 Å². The first-order valence-electron chi connectivity index (χ1n) is 6.12. The van der Waals surface area contributed by atoms with Crippen LogP contribution in [0.25, 0.3) is 0 Å². The molecule has 94 valence electrons. The molecule has 0 amide bonds. The lowest BCUT2D eigenvalue weighted by molar-refractivity contribution is -0.153. The van der Waals surface area contributed by atoms with Crippen molar-refractivity contribution in [3.63, 3.8) is 0 Å². The van der Waals surface area contributed by atoms with Gasteiger partial charge in [0.05, 0.1) is 13.2 Å². The molecule has 0 aliphatic heterocycles. The highest BCUT2D eigenvalue weighted by atomic mass is 16.5. The van der Waals surface area contributed by atoms with Gasteiger partial charge in [0.2, 0.25) is 0 Å². The van der Waals surface area contributed by atoms with Crippen LogP contribution in [0.5, 0.6) is 0 Å². The summed E-state index contributed by atoms with van der Waals surface area (Å²) in [5, 5.41) is 3.14. The second kappa shape index (κ2) is 6.21. The Labute approximate surface area is 97.7 Å². The summed E-state index contributed by atoms with van der Waals surface area (Å²) in [6.07, 6.45) is 2.52. The van der Waals surface area contributed by atoms with Gasteiger partial charge in [-0.25, -0.2) is 4.79 Å². The summed E-state index contributed by atoms with van der Waals surface area (Å²) < 4.78 is 10.6. The molecule has 4 heteroatoms. The summed E-state index contributed by atoms with van der Waals surface area (Å²) in [6, 6.07) is 0. The van der Waals surface area contributed by atoms with Crippen molar-refractivity contribution >= 4 is 5.97 Å². The van der Waals surface area contributed by atoms with Gasteiger partial charge in [-0.15, -0.1) is 0 Å². The minimum atomic E-state index is -0.709. The Bertz CT molecular complexity index is 228. The van der Waals surface area contributed by atoms with Crippen molar-refractivity contribution < 1.29 is 14.3 Å². The lowest BCUT2D eigenvalue weighted by Gasteiger charge is -2.27. The lowest BCUT2D eigenvalue weighted by atomic mass is 10.0. The zero-order chi connectivity index (χ0) is 12.0. The van der Waals surface area contributed by atoms with Crippen molar-refractivity contribution in [2.75, 3.05) is 26.4 Å². The predicted octanol–water partition coefficient (Wildman–Crippen LogP) is 1.34. The van der Waals surface area contributed by atoms with Crippen LogP contribution in [0, 0.1) is 5.92 Å². The van der Waals surface area contributed by atoms with Crippen LogP contribution in [-0.4, -0.2) is 37.9 Å². The number of carbonyl (C=O) groups excluding carboxylic acids is 1. The van der Waals surface area contributed by atoms with Crippen LogP contribution in [0.15, 0.2) is 0 Å². The van der Waals surface area contributed by atoms with Crippen molar-refractivity contribution in [2.24, 2.45) is 5.92 Å². The number of likely N-dealkylation sites (N-methyl/N-ethyl adjacent to an activating group) is 1. The fourth-order valence-corrected chi connectivity index (χ4v) is 1.58. The highest BCUT2D eigenvalue weighted by molar-refractivity contribution is 5.80. The Balaban J connectivity index is 2.37. The van der Waals surface area contributed by atoms with Gasteiger partial charge in [0.1, 0.15) is 5.54 Å². The van der Waals surface area contributed by atoms with E-state index in [4.69, 9.17) is 9.47 Å². The molecule has 1 unspecified atom stereocenters.